The van der Waals surface area contributed by atoms with E-state index in [1.54, 1.807) is 30.3 Å². The van der Waals surface area contributed by atoms with E-state index in [0.717, 1.165) is 0 Å². The molecule has 0 bridgehead atoms. The van der Waals surface area contributed by atoms with Gasteiger partial charge < -0.3 is 38.3 Å². The lowest BCUT2D eigenvalue weighted by Gasteiger charge is -2.08. The molecule has 1 rings (SSSR count). The fourth-order valence-corrected chi connectivity index (χ4v) is 2.78. The van der Waals surface area contributed by atoms with Gasteiger partial charge in [-0.2, -0.15) is 0 Å². The Morgan fingerprint density at radius 1 is 0.553 bits per heavy atom. The Hall–Kier alpha value is -2.90. The first-order chi connectivity index (χ1) is 18.5. The Kier molecular flexibility index (Phi) is 20.3. The van der Waals surface area contributed by atoms with E-state index in [1.807, 2.05) is 0 Å². The number of ether oxygens (including phenoxy) is 7. The fourth-order valence-electron chi connectivity index (χ4n) is 2.78. The number of aliphatic carboxylic acids is 1. The topological polar surface area (TPSA) is 153 Å². The number of unbranched alkanes of at least 4 members (excludes halogenated alkanes) is 1. The van der Waals surface area contributed by atoms with Crippen LogP contribution in [-0.4, -0.2) is 108 Å². The van der Waals surface area contributed by atoms with Crippen LogP contribution in [0.1, 0.15) is 36.0 Å². The van der Waals surface area contributed by atoms with Crippen molar-refractivity contribution in [2.24, 2.45) is 0 Å². The Bertz CT molecular complexity index is 784. The van der Waals surface area contributed by atoms with Crippen molar-refractivity contribution in [3.8, 4) is 0 Å². The molecule has 214 valence electrons. The van der Waals surface area contributed by atoms with E-state index in [2.05, 4.69) is 0 Å². The van der Waals surface area contributed by atoms with Gasteiger partial charge >= 0.3 is 17.9 Å². The van der Waals surface area contributed by atoms with Crippen LogP contribution in [0.4, 0.5) is 0 Å². The first kappa shape index (κ1) is 33.1. The summed E-state index contributed by atoms with van der Waals surface area (Å²) in [4.78, 5) is 45.3. The number of ketones is 1. The zero-order valence-electron chi connectivity index (χ0n) is 21.6. The number of hydrogen-bond donors (Lipinski definition) is 1. The lowest BCUT2D eigenvalue weighted by Crippen LogP contribution is -2.20. The van der Waals surface area contributed by atoms with Gasteiger partial charge in [0.05, 0.1) is 66.1 Å². The molecule has 0 radical (unpaired) electrons. The molecule has 0 heterocycles. The number of carbonyl (C=O) groups excluding carboxylic acids is 3. The summed E-state index contributed by atoms with van der Waals surface area (Å²) in [7, 11) is 0. The Morgan fingerprint density at radius 3 is 1.45 bits per heavy atom. The van der Waals surface area contributed by atoms with Gasteiger partial charge in [-0.15, -0.1) is 0 Å². The van der Waals surface area contributed by atoms with Crippen molar-refractivity contribution in [2.75, 3.05) is 79.3 Å². The van der Waals surface area contributed by atoms with Gasteiger partial charge in [0, 0.05) is 18.4 Å². The highest BCUT2D eigenvalue weighted by Gasteiger charge is 2.17. The average Bonchev–Trinajstić information content (AvgIpc) is 2.92. The molecule has 0 saturated heterocycles. The molecule has 0 aliphatic heterocycles. The van der Waals surface area contributed by atoms with E-state index in [1.165, 1.54) is 0 Å². The molecule has 12 heteroatoms. The maximum atomic E-state index is 11.8. The first-order valence-corrected chi connectivity index (χ1v) is 12.5. The zero-order chi connectivity index (χ0) is 27.7. The third-order valence-electron chi connectivity index (χ3n) is 4.68. The van der Waals surface area contributed by atoms with Crippen molar-refractivity contribution < 1.29 is 57.4 Å². The molecule has 1 aromatic carbocycles. The van der Waals surface area contributed by atoms with Gasteiger partial charge in [0.2, 0.25) is 0 Å². The molecule has 0 fully saturated rings. The highest BCUT2D eigenvalue weighted by atomic mass is 16.6. The maximum absolute atomic E-state index is 11.8. The monoisotopic (exact) mass is 542 g/mol. The Balaban J connectivity index is 1.76. The smallest absolute Gasteiger partial charge is 0.379 e. The SMILES string of the molecule is O=C(O)CCCCC(=O)OCCOCCOCCOCCOCCOCCOC(=O)C(=O)c1ccccc1. The highest BCUT2D eigenvalue weighted by Crippen LogP contribution is 2.02. The van der Waals surface area contributed by atoms with Crippen LogP contribution in [0.25, 0.3) is 0 Å². The molecule has 1 aromatic rings. The molecule has 38 heavy (non-hydrogen) atoms. The molecule has 0 amide bonds. The van der Waals surface area contributed by atoms with E-state index in [-0.39, 0.29) is 50.8 Å². The van der Waals surface area contributed by atoms with Crippen molar-refractivity contribution in [1.29, 1.82) is 0 Å². The van der Waals surface area contributed by atoms with Crippen LogP contribution in [0.5, 0.6) is 0 Å². The second kappa shape index (κ2) is 23.2. The summed E-state index contributed by atoms with van der Waals surface area (Å²) in [5.74, 6) is -2.83. The molecule has 0 unspecified atom stereocenters. The number of Topliss-reactive ketones (excluding diaryl/α,β-unsaturated/α-hetero) is 1. The molecule has 0 aliphatic carbocycles. The van der Waals surface area contributed by atoms with Crippen LogP contribution in [0, 0.1) is 0 Å². The molecule has 0 spiro atoms. The lowest BCUT2D eigenvalue weighted by molar-refractivity contribution is -0.146. The standard InChI is InChI=1S/C26H38O12/c27-23(28)8-4-5-9-24(29)37-20-18-35-16-14-33-12-10-32-11-13-34-15-17-36-19-21-38-26(31)25(30)22-6-2-1-3-7-22/h1-3,6-7H,4-5,8-21H2,(H,27,28). The summed E-state index contributed by atoms with van der Waals surface area (Å²) in [6, 6.07) is 8.20. The van der Waals surface area contributed by atoms with Gasteiger partial charge in [0.25, 0.3) is 5.78 Å². The van der Waals surface area contributed by atoms with E-state index in [4.69, 9.17) is 38.3 Å². The third-order valence-corrected chi connectivity index (χ3v) is 4.68. The minimum absolute atomic E-state index is 0.0173. The van der Waals surface area contributed by atoms with Gasteiger partial charge in [-0.1, -0.05) is 30.3 Å². The average molecular weight is 543 g/mol. The zero-order valence-corrected chi connectivity index (χ0v) is 21.6. The summed E-state index contributed by atoms with van der Waals surface area (Å²) < 4.78 is 36.6. The number of carboxylic acids is 1. The molecule has 0 aliphatic rings. The maximum Gasteiger partial charge on any atom is 0.379 e. The summed E-state index contributed by atoms with van der Waals surface area (Å²) in [6.07, 6.45) is 1.19. The van der Waals surface area contributed by atoms with E-state index < -0.39 is 17.7 Å². The second-order valence-corrected chi connectivity index (χ2v) is 7.71. The number of carboxylic acid groups (broad SMARTS) is 1. The Morgan fingerprint density at radius 2 is 0.974 bits per heavy atom. The van der Waals surface area contributed by atoms with Crippen LogP contribution in [-0.2, 0) is 47.5 Å². The van der Waals surface area contributed by atoms with Gasteiger partial charge in [-0.05, 0) is 12.8 Å². The quantitative estimate of drug-likeness (QED) is 0.0828. The largest absolute Gasteiger partial charge is 0.481 e. The normalized spacial score (nSPS) is 10.7. The van der Waals surface area contributed by atoms with E-state index in [0.29, 0.717) is 65.7 Å². The van der Waals surface area contributed by atoms with Crippen molar-refractivity contribution in [3.05, 3.63) is 35.9 Å². The van der Waals surface area contributed by atoms with Crippen molar-refractivity contribution in [1.82, 2.24) is 0 Å². The molecule has 0 aromatic heterocycles. The van der Waals surface area contributed by atoms with E-state index >= 15 is 0 Å². The van der Waals surface area contributed by atoms with Crippen molar-refractivity contribution >= 4 is 23.7 Å². The van der Waals surface area contributed by atoms with Crippen LogP contribution < -0.4 is 0 Å². The predicted molar refractivity (Wildman–Crippen MR) is 133 cm³/mol. The first-order valence-electron chi connectivity index (χ1n) is 12.5. The van der Waals surface area contributed by atoms with E-state index in [9.17, 15) is 19.2 Å². The van der Waals surface area contributed by atoms with Gasteiger partial charge in [-0.3, -0.25) is 14.4 Å². The summed E-state index contributed by atoms with van der Waals surface area (Å²) in [5, 5.41) is 8.52. The molecular formula is C26H38O12. The minimum atomic E-state index is -0.910. The van der Waals surface area contributed by atoms with Gasteiger partial charge in [0.1, 0.15) is 13.2 Å². The van der Waals surface area contributed by atoms with Gasteiger partial charge in [-0.25, -0.2) is 4.79 Å². The predicted octanol–water partition coefficient (Wildman–Crippen LogP) is 1.68. The third kappa shape index (κ3) is 19.2. The highest BCUT2D eigenvalue weighted by molar-refractivity contribution is 6.40. The van der Waals surface area contributed by atoms with Crippen LogP contribution >= 0.6 is 0 Å². The Labute approximate surface area is 222 Å². The molecule has 1 N–H and O–H groups in total. The summed E-state index contributed by atoms with van der Waals surface area (Å²) >= 11 is 0. The minimum Gasteiger partial charge on any atom is -0.481 e. The molecular weight excluding hydrogens is 504 g/mol. The number of benzene rings is 1. The molecule has 0 saturated carbocycles. The molecule has 12 nitrogen and oxygen atoms in total. The van der Waals surface area contributed by atoms with Gasteiger partial charge in [0.15, 0.2) is 0 Å². The summed E-state index contributed by atoms with van der Waals surface area (Å²) in [6.45, 7) is 3.59. The number of carbonyl (C=O) groups is 4. The van der Waals surface area contributed by atoms with Crippen molar-refractivity contribution in [3.63, 3.8) is 0 Å². The van der Waals surface area contributed by atoms with Crippen molar-refractivity contribution in [2.45, 2.75) is 25.7 Å². The number of hydrogen-bond acceptors (Lipinski definition) is 11. The second-order valence-electron chi connectivity index (χ2n) is 7.71. The van der Waals surface area contributed by atoms with Crippen LogP contribution in [0.3, 0.4) is 0 Å². The molecule has 0 atom stereocenters. The van der Waals surface area contributed by atoms with Crippen LogP contribution in [0.15, 0.2) is 30.3 Å². The summed E-state index contributed by atoms with van der Waals surface area (Å²) in [5.41, 5.74) is 0.284. The fraction of sp³-hybridized carbons (Fsp3) is 0.615. The lowest BCUT2D eigenvalue weighted by atomic mass is 10.1. The van der Waals surface area contributed by atoms with Crippen LogP contribution in [0.2, 0.25) is 0 Å². The number of esters is 2. The number of rotatable bonds is 25.